The molecule has 5 rings (SSSR count). The van der Waals surface area contributed by atoms with E-state index in [4.69, 9.17) is 14.6 Å². The maximum Gasteiger partial charge on any atom is 0.258 e. The summed E-state index contributed by atoms with van der Waals surface area (Å²) in [5.41, 5.74) is 5.18. The standard InChI is InChI=1S/C27H25N3O3/c1-32-22-12-13-25(33-2)23(16-22)26-24(18-30(28-26)21-10-4-3-5-11-21)27(31)29-15-14-19-8-6-7-9-20(19)17-29/h3-13,16,18H,14-15,17H2,1-2H3. The predicted octanol–water partition coefficient (Wildman–Crippen LogP) is 4.76. The van der Waals surface area contributed by atoms with Crippen LogP contribution in [0.25, 0.3) is 16.9 Å². The lowest BCUT2D eigenvalue weighted by molar-refractivity contribution is 0.0735. The molecule has 166 valence electrons. The lowest BCUT2D eigenvalue weighted by Crippen LogP contribution is -2.36. The summed E-state index contributed by atoms with van der Waals surface area (Å²) in [5.74, 6) is 1.25. The van der Waals surface area contributed by atoms with Crippen LogP contribution in [-0.4, -0.2) is 41.4 Å². The molecule has 1 aliphatic heterocycles. The Morgan fingerprint density at radius 3 is 2.42 bits per heavy atom. The van der Waals surface area contributed by atoms with Crippen LogP contribution in [0.2, 0.25) is 0 Å². The molecule has 0 saturated heterocycles. The molecule has 0 atom stereocenters. The Morgan fingerprint density at radius 1 is 0.909 bits per heavy atom. The normalized spacial score (nSPS) is 12.8. The molecule has 1 amide bonds. The summed E-state index contributed by atoms with van der Waals surface area (Å²) in [5, 5.41) is 4.83. The van der Waals surface area contributed by atoms with Gasteiger partial charge in [0.15, 0.2) is 0 Å². The van der Waals surface area contributed by atoms with Gasteiger partial charge in [0.2, 0.25) is 0 Å². The van der Waals surface area contributed by atoms with E-state index in [1.807, 2.05) is 71.8 Å². The third-order valence-corrected chi connectivity index (χ3v) is 6.05. The van der Waals surface area contributed by atoms with Crippen LogP contribution in [-0.2, 0) is 13.0 Å². The number of methoxy groups -OCH3 is 2. The number of nitrogens with zero attached hydrogens (tertiary/aromatic N) is 3. The maximum atomic E-state index is 13.8. The molecule has 0 radical (unpaired) electrons. The van der Waals surface area contributed by atoms with Gasteiger partial charge in [0.1, 0.15) is 17.2 Å². The third kappa shape index (κ3) is 3.96. The Morgan fingerprint density at radius 2 is 1.67 bits per heavy atom. The summed E-state index contributed by atoms with van der Waals surface area (Å²) < 4.78 is 12.8. The molecule has 2 heterocycles. The molecule has 33 heavy (non-hydrogen) atoms. The zero-order chi connectivity index (χ0) is 22.8. The van der Waals surface area contributed by atoms with Gasteiger partial charge < -0.3 is 14.4 Å². The largest absolute Gasteiger partial charge is 0.497 e. The number of rotatable bonds is 5. The Hall–Kier alpha value is -4.06. The molecule has 1 aromatic heterocycles. The molecule has 1 aliphatic rings. The molecule has 4 aromatic rings. The van der Waals surface area contributed by atoms with Gasteiger partial charge in [0, 0.05) is 24.8 Å². The molecule has 0 saturated carbocycles. The van der Waals surface area contributed by atoms with Gasteiger partial charge in [0.05, 0.1) is 25.5 Å². The number of benzene rings is 3. The number of aromatic nitrogens is 2. The van der Waals surface area contributed by atoms with Gasteiger partial charge in [-0.3, -0.25) is 4.79 Å². The molecular weight excluding hydrogens is 414 g/mol. The summed E-state index contributed by atoms with van der Waals surface area (Å²) in [7, 11) is 3.23. The number of amides is 1. The van der Waals surface area contributed by atoms with Crippen LogP contribution in [0.5, 0.6) is 11.5 Å². The van der Waals surface area contributed by atoms with Crippen LogP contribution >= 0.6 is 0 Å². The molecule has 0 spiro atoms. The van der Waals surface area contributed by atoms with E-state index in [2.05, 4.69) is 12.1 Å². The van der Waals surface area contributed by atoms with E-state index in [0.29, 0.717) is 41.4 Å². The van der Waals surface area contributed by atoms with E-state index in [-0.39, 0.29) is 5.91 Å². The number of fused-ring (bicyclic) bond motifs is 1. The van der Waals surface area contributed by atoms with Crippen molar-refractivity contribution in [1.82, 2.24) is 14.7 Å². The van der Waals surface area contributed by atoms with Crippen molar-refractivity contribution in [3.05, 3.63) is 95.7 Å². The van der Waals surface area contributed by atoms with Gasteiger partial charge in [0.25, 0.3) is 5.91 Å². The molecule has 6 heteroatoms. The number of ether oxygens (including phenoxy) is 2. The smallest absolute Gasteiger partial charge is 0.258 e. The van der Waals surface area contributed by atoms with E-state index in [9.17, 15) is 4.79 Å². The van der Waals surface area contributed by atoms with Crippen molar-refractivity contribution in [2.24, 2.45) is 0 Å². The van der Waals surface area contributed by atoms with Crippen molar-refractivity contribution < 1.29 is 14.3 Å². The van der Waals surface area contributed by atoms with Gasteiger partial charge in [-0.1, -0.05) is 42.5 Å². The van der Waals surface area contributed by atoms with Crippen LogP contribution in [0.3, 0.4) is 0 Å². The second-order valence-electron chi connectivity index (χ2n) is 7.98. The summed E-state index contributed by atoms with van der Waals surface area (Å²) >= 11 is 0. The first-order valence-electron chi connectivity index (χ1n) is 10.9. The molecule has 6 nitrogen and oxygen atoms in total. The summed E-state index contributed by atoms with van der Waals surface area (Å²) in [6.45, 7) is 1.25. The highest BCUT2D eigenvalue weighted by atomic mass is 16.5. The highest BCUT2D eigenvalue weighted by molar-refractivity contribution is 6.00. The fourth-order valence-electron chi connectivity index (χ4n) is 4.28. The van der Waals surface area contributed by atoms with E-state index in [0.717, 1.165) is 12.1 Å². The molecule has 0 unspecified atom stereocenters. The van der Waals surface area contributed by atoms with Crippen molar-refractivity contribution in [1.29, 1.82) is 0 Å². The predicted molar refractivity (Wildman–Crippen MR) is 127 cm³/mol. The zero-order valence-electron chi connectivity index (χ0n) is 18.7. The van der Waals surface area contributed by atoms with E-state index in [1.54, 1.807) is 18.9 Å². The van der Waals surface area contributed by atoms with E-state index in [1.165, 1.54) is 11.1 Å². The van der Waals surface area contributed by atoms with Gasteiger partial charge in [-0.05, 0) is 47.9 Å². The summed E-state index contributed by atoms with van der Waals surface area (Å²) in [4.78, 5) is 15.7. The van der Waals surface area contributed by atoms with Gasteiger partial charge in [-0.15, -0.1) is 0 Å². The van der Waals surface area contributed by atoms with Crippen molar-refractivity contribution >= 4 is 5.91 Å². The highest BCUT2D eigenvalue weighted by Crippen LogP contribution is 2.36. The SMILES string of the molecule is COc1ccc(OC)c(-c2nn(-c3ccccc3)cc2C(=O)N2CCc3ccccc3C2)c1. The second kappa shape index (κ2) is 8.82. The zero-order valence-corrected chi connectivity index (χ0v) is 18.7. The number of carbonyl (C=O) groups is 1. The number of hydrogen-bond donors (Lipinski definition) is 0. The average Bonchev–Trinajstić information content (AvgIpc) is 3.33. The van der Waals surface area contributed by atoms with Gasteiger partial charge in [-0.25, -0.2) is 4.68 Å². The van der Waals surface area contributed by atoms with E-state index < -0.39 is 0 Å². The number of hydrogen-bond acceptors (Lipinski definition) is 4. The maximum absolute atomic E-state index is 13.8. The first-order chi connectivity index (χ1) is 16.2. The van der Waals surface area contributed by atoms with Crippen molar-refractivity contribution in [3.8, 4) is 28.4 Å². The molecule has 0 aliphatic carbocycles. The monoisotopic (exact) mass is 439 g/mol. The van der Waals surface area contributed by atoms with Crippen LogP contribution in [0.15, 0.2) is 79.0 Å². The quantitative estimate of drug-likeness (QED) is 0.450. The minimum Gasteiger partial charge on any atom is -0.497 e. The summed E-state index contributed by atoms with van der Waals surface area (Å²) in [6.07, 6.45) is 2.65. The lowest BCUT2D eigenvalue weighted by atomic mass is 9.99. The molecule has 3 aromatic carbocycles. The van der Waals surface area contributed by atoms with Crippen LogP contribution < -0.4 is 9.47 Å². The Kier molecular flexibility index (Phi) is 5.57. The minimum atomic E-state index is -0.0495. The number of para-hydroxylation sites is 1. The highest BCUT2D eigenvalue weighted by Gasteiger charge is 2.27. The molecule has 0 N–H and O–H groups in total. The van der Waals surface area contributed by atoms with Crippen molar-refractivity contribution in [3.63, 3.8) is 0 Å². The first kappa shape index (κ1) is 20.8. The first-order valence-corrected chi connectivity index (χ1v) is 10.9. The second-order valence-corrected chi connectivity index (χ2v) is 7.98. The summed E-state index contributed by atoms with van der Waals surface area (Å²) in [6, 6.07) is 23.6. The fraction of sp³-hybridized carbons (Fsp3) is 0.185. The van der Waals surface area contributed by atoms with Crippen molar-refractivity contribution in [2.45, 2.75) is 13.0 Å². The Labute approximate surface area is 193 Å². The Bertz CT molecular complexity index is 1300. The average molecular weight is 440 g/mol. The molecule has 0 bridgehead atoms. The topological polar surface area (TPSA) is 56.6 Å². The van der Waals surface area contributed by atoms with Gasteiger partial charge >= 0.3 is 0 Å². The minimum absolute atomic E-state index is 0.0495. The number of carbonyl (C=O) groups excluding carboxylic acids is 1. The van der Waals surface area contributed by atoms with Crippen LogP contribution in [0.1, 0.15) is 21.5 Å². The van der Waals surface area contributed by atoms with Crippen LogP contribution in [0.4, 0.5) is 0 Å². The van der Waals surface area contributed by atoms with E-state index >= 15 is 0 Å². The lowest BCUT2D eigenvalue weighted by Gasteiger charge is -2.28. The molecular formula is C27H25N3O3. The van der Waals surface area contributed by atoms with Gasteiger partial charge in [-0.2, -0.15) is 5.10 Å². The fourth-order valence-corrected chi connectivity index (χ4v) is 4.28. The Balaban J connectivity index is 1.61. The molecule has 0 fully saturated rings. The van der Waals surface area contributed by atoms with Crippen LogP contribution in [0, 0.1) is 0 Å². The van der Waals surface area contributed by atoms with Crippen molar-refractivity contribution in [2.75, 3.05) is 20.8 Å². The third-order valence-electron chi connectivity index (χ3n) is 6.05.